The molecule has 0 aliphatic heterocycles. The summed E-state index contributed by atoms with van der Waals surface area (Å²) in [5.41, 5.74) is 0.516. The van der Waals surface area contributed by atoms with Crippen molar-refractivity contribution in [2.75, 3.05) is 6.61 Å². The van der Waals surface area contributed by atoms with Crippen LogP contribution in [0.3, 0.4) is 0 Å². The molecule has 4 heteroatoms. The van der Waals surface area contributed by atoms with E-state index in [1.165, 1.54) is 38.5 Å². The minimum Gasteiger partial charge on any atom is -0.462 e. The highest BCUT2D eigenvalue weighted by Gasteiger charge is 2.21. The molecule has 0 saturated carbocycles. The van der Waals surface area contributed by atoms with Crippen LogP contribution in [0.1, 0.15) is 119 Å². The minimum atomic E-state index is -0.497. The van der Waals surface area contributed by atoms with E-state index >= 15 is 0 Å². The first kappa shape index (κ1) is 26.8. The van der Waals surface area contributed by atoms with E-state index in [9.17, 15) is 9.59 Å². The third-order valence-electron chi connectivity index (χ3n) is 5.16. The number of benzene rings is 1. The van der Waals surface area contributed by atoms with E-state index in [-0.39, 0.29) is 17.2 Å². The number of carbonyl (C=O) groups is 2. The molecule has 0 aliphatic carbocycles. The molecule has 0 bridgehead atoms. The maximum absolute atomic E-state index is 12.7. The summed E-state index contributed by atoms with van der Waals surface area (Å²) in [7, 11) is 0. The molecule has 0 radical (unpaired) electrons. The lowest BCUT2D eigenvalue weighted by Gasteiger charge is -2.15. The Kier molecular flexibility index (Phi) is 15.0. The first-order chi connectivity index (χ1) is 15.1. The van der Waals surface area contributed by atoms with Crippen LogP contribution in [-0.4, -0.2) is 24.6 Å². The Morgan fingerprint density at radius 3 is 2.03 bits per heavy atom. The first-order valence-electron chi connectivity index (χ1n) is 12.1. The maximum atomic E-state index is 12.7. The third-order valence-corrected chi connectivity index (χ3v) is 5.16. The Labute approximate surface area is 189 Å². The van der Waals surface area contributed by atoms with Crippen LogP contribution in [-0.2, 0) is 9.47 Å². The van der Waals surface area contributed by atoms with Gasteiger partial charge in [0.25, 0.3) is 0 Å². The van der Waals surface area contributed by atoms with E-state index in [1.807, 2.05) is 6.92 Å². The Balaban J connectivity index is 2.49. The van der Waals surface area contributed by atoms with Crippen LogP contribution in [0.4, 0.5) is 0 Å². The number of carbonyl (C=O) groups excluding carboxylic acids is 2. The Morgan fingerprint density at radius 2 is 1.42 bits per heavy atom. The number of hydrogen-bond donors (Lipinski definition) is 0. The van der Waals surface area contributed by atoms with E-state index in [0.717, 1.165) is 25.7 Å². The second-order valence-corrected chi connectivity index (χ2v) is 7.90. The van der Waals surface area contributed by atoms with Crippen molar-refractivity contribution in [2.24, 2.45) is 0 Å². The lowest BCUT2D eigenvalue weighted by molar-refractivity contribution is 0.0293. The van der Waals surface area contributed by atoms with Gasteiger partial charge in [-0.2, -0.15) is 0 Å². The molecule has 1 aromatic rings. The van der Waals surface area contributed by atoms with E-state index in [1.54, 1.807) is 24.3 Å². The van der Waals surface area contributed by atoms with Gasteiger partial charge in [0.05, 0.1) is 17.7 Å². The van der Waals surface area contributed by atoms with Gasteiger partial charge in [0.2, 0.25) is 0 Å². The fourth-order valence-corrected chi connectivity index (χ4v) is 3.20. The molecule has 0 heterocycles. The Bertz CT molecular complexity index is 699. The molecule has 0 saturated heterocycles. The highest BCUT2D eigenvalue weighted by Crippen LogP contribution is 2.15. The highest BCUT2D eigenvalue weighted by molar-refractivity contribution is 6.03. The molecule has 1 unspecified atom stereocenters. The molecule has 0 aromatic heterocycles. The normalized spacial score (nSPS) is 11.3. The zero-order valence-electron chi connectivity index (χ0n) is 19.7. The molecule has 0 fully saturated rings. The molecule has 0 spiro atoms. The van der Waals surface area contributed by atoms with E-state index in [4.69, 9.17) is 9.47 Å². The topological polar surface area (TPSA) is 52.6 Å². The summed E-state index contributed by atoms with van der Waals surface area (Å²) in [5, 5.41) is 0. The van der Waals surface area contributed by atoms with Crippen molar-refractivity contribution in [3.05, 3.63) is 35.4 Å². The summed E-state index contributed by atoms with van der Waals surface area (Å²) < 4.78 is 11.0. The lowest BCUT2D eigenvalue weighted by atomic mass is 10.1. The summed E-state index contributed by atoms with van der Waals surface area (Å²) in [4.78, 5) is 25.2. The van der Waals surface area contributed by atoms with Crippen molar-refractivity contribution >= 4 is 11.9 Å². The molecular formula is C27H40O4. The molecule has 0 N–H and O–H groups in total. The van der Waals surface area contributed by atoms with Crippen molar-refractivity contribution in [1.82, 2.24) is 0 Å². The maximum Gasteiger partial charge on any atom is 0.339 e. The third kappa shape index (κ3) is 11.6. The van der Waals surface area contributed by atoms with Gasteiger partial charge < -0.3 is 9.47 Å². The van der Waals surface area contributed by atoms with Crippen molar-refractivity contribution in [3.63, 3.8) is 0 Å². The first-order valence-corrected chi connectivity index (χ1v) is 12.1. The fourth-order valence-electron chi connectivity index (χ4n) is 3.20. The average molecular weight is 429 g/mol. The second kappa shape index (κ2) is 17.4. The molecule has 1 rings (SSSR count). The quantitative estimate of drug-likeness (QED) is 0.170. The Morgan fingerprint density at radius 1 is 0.806 bits per heavy atom. The number of esters is 2. The van der Waals surface area contributed by atoms with Gasteiger partial charge in [-0.25, -0.2) is 9.59 Å². The van der Waals surface area contributed by atoms with E-state index < -0.39 is 11.9 Å². The van der Waals surface area contributed by atoms with Crippen LogP contribution in [0.25, 0.3) is 0 Å². The highest BCUT2D eigenvalue weighted by atomic mass is 16.5. The van der Waals surface area contributed by atoms with Gasteiger partial charge in [0, 0.05) is 12.8 Å². The van der Waals surface area contributed by atoms with Gasteiger partial charge in [-0.15, -0.1) is 5.92 Å². The van der Waals surface area contributed by atoms with Crippen LogP contribution >= 0.6 is 0 Å². The van der Waals surface area contributed by atoms with Gasteiger partial charge in [-0.05, 0) is 31.4 Å². The van der Waals surface area contributed by atoms with Crippen molar-refractivity contribution in [2.45, 2.75) is 104 Å². The molecule has 0 amide bonds. The molecule has 1 atom stereocenters. The smallest absolute Gasteiger partial charge is 0.339 e. The Hall–Kier alpha value is -2.28. The standard InChI is InChI=1S/C27H40O4/c1-4-7-9-11-12-13-14-18-22-30-26(28)24-20-16-17-21-25(24)27(29)31-23(6-3)19-15-10-8-5-2/h16-17,20-21,23H,4-9,11-14,18-19,22H2,1-3H3. The molecule has 172 valence electrons. The average Bonchev–Trinajstić information content (AvgIpc) is 2.79. The zero-order chi connectivity index (χ0) is 22.7. The summed E-state index contributed by atoms with van der Waals surface area (Å²) in [6, 6.07) is 6.70. The van der Waals surface area contributed by atoms with Crippen LogP contribution in [0, 0.1) is 11.8 Å². The van der Waals surface area contributed by atoms with Crippen molar-refractivity contribution in [3.8, 4) is 11.8 Å². The SMILES string of the molecule is CCCC#CCC(CC)OC(=O)c1ccccc1C(=O)OCCCCCCCCCC. The number of ether oxygens (including phenoxy) is 2. The summed E-state index contributed by atoms with van der Waals surface area (Å²) in [6.07, 6.45) is 12.2. The van der Waals surface area contributed by atoms with Gasteiger partial charge >= 0.3 is 11.9 Å². The fraction of sp³-hybridized carbons (Fsp3) is 0.630. The minimum absolute atomic E-state index is 0.253. The number of hydrogen-bond acceptors (Lipinski definition) is 4. The van der Waals surface area contributed by atoms with Crippen LogP contribution in [0.2, 0.25) is 0 Å². The lowest BCUT2D eigenvalue weighted by Crippen LogP contribution is -2.20. The predicted octanol–water partition coefficient (Wildman–Crippen LogP) is 7.11. The van der Waals surface area contributed by atoms with E-state index in [2.05, 4.69) is 25.7 Å². The summed E-state index contributed by atoms with van der Waals surface area (Å²) in [6.45, 7) is 6.64. The van der Waals surface area contributed by atoms with Crippen LogP contribution in [0.15, 0.2) is 24.3 Å². The van der Waals surface area contributed by atoms with Crippen molar-refractivity contribution in [1.29, 1.82) is 0 Å². The second-order valence-electron chi connectivity index (χ2n) is 7.90. The number of rotatable bonds is 15. The summed E-state index contributed by atoms with van der Waals surface area (Å²) >= 11 is 0. The largest absolute Gasteiger partial charge is 0.462 e. The molecular weight excluding hydrogens is 388 g/mol. The molecule has 1 aromatic carbocycles. The number of unbranched alkanes of at least 4 members (excludes halogenated alkanes) is 8. The monoisotopic (exact) mass is 428 g/mol. The predicted molar refractivity (Wildman–Crippen MR) is 126 cm³/mol. The molecule has 0 aliphatic rings. The van der Waals surface area contributed by atoms with E-state index in [0.29, 0.717) is 19.4 Å². The molecule has 4 nitrogen and oxygen atoms in total. The van der Waals surface area contributed by atoms with Gasteiger partial charge in [0.15, 0.2) is 0 Å². The van der Waals surface area contributed by atoms with Crippen molar-refractivity contribution < 1.29 is 19.1 Å². The van der Waals surface area contributed by atoms with Gasteiger partial charge in [-0.3, -0.25) is 0 Å². The zero-order valence-corrected chi connectivity index (χ0v) is 19.7. The molecule has 31 heavy (non-hydrogen) atoms. The summed E-state index contributed by atoms with van der Waals surface area (Å²) in [5.74, 6) is 5.19. The van der Waals surface area contributed by atoms with Crippen LogP contribution < -0.4 is 0 Å². The van der Waals surface area contributed by atoms with Gasteiger partial charge in [-0.1, -0.05) is 83.8 Å². The van der Waals surface area contributed by atoms with Gasteiger partial charge in [0.1, 0.15) is 6.10 Å². The van der Waals surface area contributed by atoms with Crippen LogP contribution in [0.5, 0.6) is 0 Å².